The topological polar surface area (TPSA) is 66.5 Å². The van der Waals surface area contributed by atoms with E-state index >= 15 is 0 Å². The first-order chi connectivity index (χ1) is 9.34. The number of sulfone groups is 1. The molecule has 1 unspecified atom stereocenters. The van der Waals surface area contributed by atoms with Gasteiger partial charge in [0.05, 0.1) is 11.5 Å². The molecule has 1 aliphatic heterocycles. The molecule has 0 aliphatic carbocycles. The van der Waals surface area contributed by atoms with Gasteiger partial charge in [-0.05, 0) is 37.6 Å². The largest absolute Gasteiger partial charge is 0.388 e. The van der Waals surface area contributed by atoms with Gasteiger partial charge in [0.25, 0.3) is 5.91 Å². The number of aryl methyl sites for hydroxylation is 1. The van der Waals surface area contributed by atoms with Crippen LogP contribution in [0.3, 0.4) is 0 Å². The summed E-state index contributed by atoms with van der Waals surface area (Å²) >= 11 is 0. The maximum atomic E-state index is 12.6. The van der Waals surface area contributed by atoms with Crippen LogP contribution in [0.5, 0.6) is 0 Å². The molecule has 5 nitrogen and oxygen atoms in total. The van der Waals surface area contributed by atoms with Gasteiger partial charge in [0.15, 0.2) is 9.84 Å². The molecule has 1 N–H and O–H groups in total. The monoisotopic (exact) mass is 296 g/mol. The molecule has 1 aromatic carbocycles. The summed E-state index contributed by atoms with van der Waals surface area (Å²) in [6.45, 7) is 3.95. The summed E-state index contributed by atoms with van der Waals surface area (Å²) in [6.07, 6.45) is 0. The number of benzene rings is 1. The third kappa shape index (κ3) is 2.95. The molecule has 6 heteroatoms. The Morgan fingerprint density at radius 1 is 1.40 bits per heavy atom. The highest BCUT2D eigenvalue weighted by Crippen LogP contribution is 2.20. The SMILES string of the molecule is CNc1ccc(C(=O)N2CCS(=O)(=O)CC2C)c(C)c1. The summed E-state index contributed by atoms with van der Waals surface area (Å²) < 4.78 is 23.1. The van der Waals surface area contributed by atoms with Crippen LogP contribution < -0.4 is 5.32 Å². The highest BCUT2D eigenvalue weighted by Gasteiger charge is 2.32. The molecular formula is C14H20N2O3S. The number of carbonyl (C=O) groups excluding carboxylic acids is 1. The van der Waals surface area contributed by atoms with Crippen molar-refractivity contribution in [2.45, 2.75) is 19.9 Å². The van der Waals surface area contributed by atoms with E-state index in [0.29, 0.717) is 5.56 Å². The van der Waals surface area contributed by atoms with Gasteiger partial charge < -0.3 is 10.2 Å². The van der Waals surface area contributed by atoms with Crippen molar-refractivity contribution in [1.29, 1.82) is 0 Å². The molecule has 0 radical (unpaired) electrons. The fourth-order valence-electron chi connectivity index (χ4n) is 2.51. The first-order valence-electron chi connectivity index (χ1n) is 6.64. The molecule has 1 aromatic rings. The van der Waals surface area contributed by atoms with Crippen molar-refractivity contribution < 1.29 is 13.2 Å². The molecule has 0 spiro atoms. The number of nitrogens with one attached hydrogen (secondary N) is 1. The van der Waals surface area contributed by atoms with Gasteiger partial charge in [-0.3, -0.25) is 4.79 Å². The summed E-state index contributed by atoms with van der Waals surface area (Å²) in [5, 5.41) is 3.03. The van der Waals surface area contributed by atoms with Gasteiger partial charge >= 0.3 is 0 Å². The molecule has 0 saturated carbocycles. The standard InChI is InChI=1S/C14H20N2O3S/c1-10-8-12(15-3)4-5-13(10)14(17)16-6-7-20(18,19)9-11(16)2/h4-5,8,11,15H,6-7,9H2,1-3H3. The van der Waals surface area contributed by atoms with Crippen LogP contribution in [-0.4, -0.2) is 50.4 Å². The average Bonchev–Trinajstić information content (AvgIpc) is 2.36. The van der Waals surface area contributed by atoms with Crippen molar-refractivity contribution >= 4 is 21.4 Å². The lowest BCUT2D eigenvalue weighted by Gasteiger charge is -2.33. The van der Waals surface area contributed by atoms with Crippen LogP contribution in [0.15, 0.2) is 18.2 Å². The molecule has 0 aromatic heterocycles. The zero-order valence-electron chi connectivity index (χ0n) is 12.0. The van der Waals surface area contributed by atoms with E-state index in [0.717, 1.165) is 11.3 Å². The Labute approximate surface area is 119 Å². The quantitative estimate of drug-likeness (QED) is 0.893. The van der Waals surface area contributed by atoms with Gasteiger partial charge in [-0.15, -0.1) is 0 Å². The first-order valence-corrected chi connectivity index (χ1v) is 8.46. The van der Waals surface area contributed by atoms with Crippen molar-refractivity contribution in [3.8, 4) is 0 Å². The van der Waals surface area contributed by atoms with E-state index in [2.05, 4.69) is 5.32 Å². The summed E-state index contributed by atoms with van der Waals surface area (Å²) in [5.41, 5.74) is 2.48. The van der Waals surface area contributed by atoms with Crippen LogP contribution >= 0.6 is 0 Å². The number of rotatable bonds is 2. The van der Waals surface area contributed by atoms with Crippen molar-refractivity contribution in [2.24, 2.45) is 0 Å². The van der Waals surface area contributed by atoms with Crippen molar-refractivity contribution in [3.05, 3.63) is 29.3 Å². The van der Waals surface area contributed by atoms with E-state index in [1.165, 1.54) is 0 Å². The normalized spacial score (nSPS) is 21.6. The maximum Gasteiger partial charge on any atom is 0.254 e. The van der Waals surface area contributed by atoms with Crippen molar-refractivity contribution in [1.82, 2.24) is 4.90 Å². The Morgan fingerprint density at radius 2 is 2.10 bits per heavy atom. The Bertz CT molecular complexity index is 625. The smallest absolute Gasteiger partial charge is 0.254 e. The molecule has 0 bridgehead atoms. The number of nitrogens with zero attached hydrogens (tertiary/aromatic N) is 1. The van der Waals surface area contributed by atoms with E-state index in [1.54, 1.807) is 17.9 Å². The molecule has 1 heterocycles. The molecule has 20 heavy (non-hydrogen) atoms. The van der Waals surface area contributed by atoms with E-state index < -0.39 is 9.84 Å². The molecule has 1 amide bonds. The Balaban J connectivity index is 2.24. The summed E-state index contributed by atoms with van der Waals surface area (Å²) in [7, 11) is -1.18. The van der Waals surface area contributed by atoms with E-state index in [-0.39, 0.29) is 30.0 Å². The summed E-state index contributed by atoms with van der Waals surface area (Å²) in [5.74, 6) is 0.0101. The predicted octanol–water partition coefficient (Wildman–Crippen LogP) is 1.30. The maximum absolute atomic E-state index is 12.6. The lowest BCUT2D eigenvalue weighted by atomic mass is 10.1. The van der Waals surface area contributed by atoms with Crippen LogP contribution in [0.4, 0.5) is 5.69 Å². The predicted molar refractivity (Wildman–Crippen MR) is 79.9 cm³/mol. The van der Waals surface area contributed by atoms with Crippen molar-refractivity contribution in [2.75, 3.05) is 30.4 Å². The minimum Gasteiger partial charge on any atom is -0.388 e. The number of amides is 1. The van der Waals surface area contributed by atoms with Crippen LogP contribution in [0.1, 0.15) is 22.8 Å². The van der Waals surface area contributed by atoms with Crippen LogP contribution in [0.2, 0.25) is 0 Å². The molecule has 2 rings (SSSR count). The fraction of sp³-hybridized carbons (Fsp3) is 0.500. The highest BCUT2D eigenvalue weighted by molar-refractivity contribution is 7.91. The Hall–Kier alpha value is -1.56. The lowest BCUT2D eigenvalue weighted by Crippen LogP contribution is -2.49. The van der Waals surface area contributed by atoms with Crippen LogP contribution in [0.25, 0.3) is 0 Å². The van der Waals surface area contributed by atoms with Crippen LogP contribution in [0, 0.1) is 6.92 Å². The lowest BCUT2D eigenvalue weighted by molar-refractivity contribution is 0.0712. The number of carbonyl (C=O) groups is 1. The molecule has 1 atom stereocenters. The zero-order valence-corrected chi connectivity index (χ0v) is 12.8. The average molecular weight is 296 g/mol. The zero-order chi connectivity index (χ0) is 14.9. The number of anilines is 1. The van der Waals surface area contributed by atoms with Gasteiger partial charge in [0.1, 0.15) is 0 Å². The van der Waals surface area contributed by atoms with Gasteiger partial charge in [-0.25, -0.2) is 8.42 Å². The molecule has 1 fully saturated rings. The van der Waals surface area contributed by atoms with Gasteiger partial charge in [-0.1, -0.05) is 0 Å². The molecule has 110 valence electrons. The van der Waals surface area contributed by atoms with Gasteiger partial charge in [0.2, 0.25) is 0 Å². The fourth-order valence-corrected chi connectivity index (χ4v) is 4.07. The second-order valence-electron chi connectivity index (χ2n) is 5.24. The van der Waals surface area contributed by atoms with E-state index in [4.69, 9.17) is 0 Å². The second kappa shape index (κ2) is 5.44. The minimum absolute atomic E-state index is 0.0480. The van der Waals surface area contributed by atoms with Crippen molar-refractivity contribution in [3.63, 3.8) is 0 Å². The highest BCUT2D eigenvalue weighted by atomic mass is 32.2. The van der Waals surface area contributed by atoms with E-state index in [9.17, 15) is 13.2 Å². The Kier molecular flexibility index (Phi) is 4.04. The first kappa shape index (κ1) is 14.8. The van der Waals surface area contributed by atoms with E-state index in [1.807, 2.05) is 26.1 Å². The van der Waals surface area contributed by atoms with Gasteiger partial charge in [0, 0.05) is 30.9 Å². The summed E-state index contributed by atoms with van der Waals surface area (Å²) in [4.78, 5) is 14.2. The molecular weight excluding hydrogens is 276 g/mol. The third-order valence-electron chi connectivity index (χ3n) is 3.68. The molecule has 1 aliphatic rings. The molecule has 1 saturated heterocycles. The minimum atomic E-state index is -3.01. The van der Waals surface area contributed by atoms with Gasteiger partial charge in [-0.2, -0.15) is 0 Å². The second-order valence-corrected chi connectivity index (χ2v) is 7.47. The third-order valence-corrected chi connectivity index (χ3v) is 5.47. The van der Waals surface area contributed by atoms with Crippen LogP contribution in [-0.2, 0) is 9.84 Å². The Morgan fingerprint density at radius 3 is 2.65 bits per heavy atom. The summed E-state index contributed by atoms with van der Waals surface area (Å²) in [6, 6.07) is 5.29. The number of hydrogen-bond acceptors (Lipinski definition) is 4. The number of hydrogen-bond donors (Lipinski definition) is 1.